The number of alkyl halides is 1. The summed E-state index contributed by atoms with van der Waals surface area (Å²) in [7, 11) is 0. The van der Waals surface area contributed by atoms with Crippen LogP contribution in [0.4, 0.5) is 0 Å². The third-order valence-corrected chi connectivity index (χ3v) is 2.74. The van der Waals surface area contributed by atoms with Gasteiger partial charge in [-0.05, 0) is 18.6 Å². The highest BCUT2D eigenvalue weighted by Crippen LogP contribution is 2.16. The monoisotopic (exact) mass is 235 g/mol. The summed E-state index contributed by atoms with van der Waals surface area (Å²) in [5.74, 6) is 1.35. The highest BCUT2D eigenvalue weighted by molar-refractivity contribution is 6.17. The van der Waals surface area contributed by atoms with Gasteiger partial charge in [0, 0.05) is 11.8 Å². The van der Waals surface area contributed by atoms with Gasteiger partial charge in [-0.1, -0.05) is 19.4 Å². The van der Waals surface area contributed by atoms with E-state index in [4.69, 9.17) is 11.6 Å². The molecule has 0 radical (unpaired) electrons. The van der Waals surface area contributed by atoms with Crippen molar-refractivity contribution in [3.8, 4) is 5.82 Å². The number of hydrogen-bond donors (Lipinski definition) is 0. The Labute approximate surface area is 100 Å². The van der Waals surface area contributed by atoms with Gasteiger partial charge in [0.15, 0.2) is 5.82 Å². The minimum atomic E-state index is 0.502. The molecule has 2 aromatic rings. The molecule has 2 rings (SSSR count). The van der Waals surface area contributed by atoms with Crippen LogP contribution in [0.25, 0.3) is 5.82 Å². The lowest BCUT2D eigenvalue weighted by Gasteiger charge is -2.06. The van der Waals surface area contributed by atoms with Gasteiger partial charge in [-0.25, -0.2) is 9.67 Å². The van der Waals surface area contributed by atoms with Crippen molar-refractivity contribution in [3.05, 3.63) is 41.9 Å². The van der Waals surface area contributed by atoms with Gasteiger partial charge >= 0.3 is 0 Å². The van der Waals surface area contributed by atoms with Crippen molar-refractivity contribution in [2.75, 3.05) is 0 Å². The first-order valence-electron chi connectivity index (χ1n) is 5.40. The molecule has 0 saturated carbocycles. The van der Waals surface area contributed by atoms with Crippen LogP contribution in [0.5, 0.6) is 0 Å². The van der Waals surface area contributed by atoms with Crippen molar-refractivity contribution in [1.82, 2.24) is 14.8 Å². The van der Waals surface area contributed by atoms with Gasteiger partial charge in [0.25, 0.3) is 0 Å². The Morgan fingerprint density at radius 2 is 2.25 bits per heavy atom. The van der Waals surface area contributed by atoms with E-state index in [1.165, 1.54) is 0 Å². The standard InChI is InChI=1S/C12H14ClN3/c1-2-5-11-10(8-13)9-15-16(11)12-6-3-4-7-14-12/h3-4,6-7,9H,2,5,8H2,1H3. The van der Waals surface area contributed by atoms with Crippen molar-refractivity contribution >= 4 is 11.6 Å². The van der Waals surface area contributed by atoms with Crippen LogP contribution in [0.1, 0.15) is 24.6 Å². The van der Waals surface area contributed by atoms with Gasteiger partial charge in [-0.2, -0.15) is 5.10 Å². The molecule has 0 fully saturated rings. The molecule has 4 heteroatoms. The molecule has 3 nitrogen and oxygen atoms in total. The van der Waals surface area contributed by atoms with Crippen molar-refractivity contribution < 1.29 is 0 Å². The van der Waals surface area contributed by atoms with Gasteiger partial charge in [-0.3, -0.25) is 0 Å². The maximum atomic E-state index is 5.89. The van der Waals surface area contributed by atoms with E-state index < -0.39 is 0 Å². The summed E-state index contributed by atoms with van der Waals surface area (Å²) in [6.45, 7) is 2.15. The van der Waals surface area contributed by atoms with Crippen molar-refractivity contribution in [3.63, 3.8) is 0 Å². The predicted molar refractivity (Wildman–Crippen MR) is 64.9 cm³/mol. The Morgan fingerprint density at radius 1 is 1.38 bits per heavy atom. The molecule has 16 heavy (non-hydrogen) atoms. The van der Waals surface area contributed by atoms with E-state index in [2.05, 4.69) is 17.0 Å². The van der Waals surface area contributed by atoms with Crippen LogP contribution in [0, 0.1) is 0 Å². The number of aromatic nitrogens is 3. The van der Waals surface area contributed by atoms with Crippen LogP contribution >= 0.6 is 11.6 Å². The van der Waals surface area contributed by atoms with Gasteiger partial charge in [-0.15, -0.1) is 11.6 Å². The Kier molecular flexibility index (Phi) is 3.57. The van der Waals surface area contributed by atoms with E-state index in [9.17, 15) is 0 Å². The van der Waals surface area contributed by atoms with E-state index in [1.807, 2.05) is 29.1 Å². The van der Waals surface area contributed by atoms with Gasteiger partial charge < -0.3 is 0 Å². The lowest BCUT2D eigenvalue weighted by molar-refractivity contribution is 0.754. The third kappa shape index (κ3) is 2.09. The summed E-state index contributed by atoms with van der Waals surface area (Å²) >= 11 is 5.89. The minimum Gasteiger partial charge on any atom is -0.237 e. The van der Waals surface area contributed by atoms with E-state index in [0.717, 1.165) is 29.9 Å². The largest absolute Gasteiger partial charge is 0.237 e. The zero-order valence-electron chi connectivity index (χ0n) is 9.23. The smallest absolute Gasteiger partial charge is 0.153 e. The van der Waals surface area contributed by atoms with Crippen molar-refractivity contribution in [2.24, 2.45) is 0 Å². The Balaban J connectivity index is 2.44. The van der Waals surface area contributed by atoms with E-state index in [-0.39, 0.29) is 0 Å². The molecule has 0 atom stereocenters. The van der Waals surface area contributed by atoms with Crippen LogP contribution in [-0.2, 0) is 12.3 Å². The highest BCUT2D eigenvalue weighted by Gasteiger charge is 2.10. The lowest BCUT2D eigenvalue weighted by Crippen LogP contribution is -2.04. The number of pyridine rings is 1. The molecule has 0 aliphatic carbocycles. The van der Waals surface area contributed by atoms with E-state index in [0.29, 0.717) is 5.88 Å². The normalized spacial score (nSPS) is 10.6. The molecule has 0 bridgehead atoms. The summed E-state index contributed by atoms with van der Waals surface area (Å²) in [6.07, 6.45) is 5.64. The Hall–Kier alpha value is -1.35. The molecule has 2 aromatic heterocycles. The predicted octanol–water partition coefficient (Wildman–Crippen LogP) is 2.96. The van der Waals surface area contributed by atoms with E-state index >= 15 is 0 Å². The summed E-state index contributed by atoms with van der Waals surface area (Å²) in [4.78, 5) is 4.30. The maximum Gasteiger partial charge on any atom is 0.153 e. The number of hydrogen-bond acceptors (Lipinski definition) is 2. The zero-order chi connectivity index (χ0) is 11.4. The maximum absolute atomic E-state index is 5.89. The fraction of sp³-hybridized carbons (Fsp3) is 0.333. The Bertz CT molecular complexity index is 451. The fourth-order valence-corrected chi connectivity index (χ4v) is 1.92. The summed E-state index contributed by atoms with van der Waals surface area (Å²) < 4.78 is 1.88. The number of halogens is 1. The van der Waals surface area contributed by atoms with Gasteiger partial charge in [0.2, 0.25) is 0 Å². The molecule has 0 unspecified atom stereocenters. The molecule has 0 aliphatic rings. The third-order valence-electron chi connectivity index (χ3n) is 2.45. The number of rotatable bonds is 4. The molecule has 0 amide bonds. The highest BCUT2D eigenvalue weighted by atomic mass is 35.5. The van der Waals surface area contributed by atoms with Gasteiger partial charge in [0.1, 0.15) is 0 Å². The summed E-state index contributed by atoms with van der Waals surface area (Å²) in [6, 6.07) is 5.80. The molecular weight excluding hydrogens is 222 g/mol. The quantitative estimate of drug-likeness (QED) is 0.763. The zero-order valence-corrected chi connectivity index (χ0v) is 9.98. The molecule has 0 N–H and O–H groups in total. The first kappa shape index (κ1) is 11.1. The van der Waals surface area contributed by atoms with E-state index in [1.54, 1.807) is 6.20 Å². The summed E-state index contributed by atoms with van der Waals surface area (Å²) in [5, 5.41) is 4.35. The van der Waals surface area contributed by atoms with Crippen LogP contribution in [0.3, 0.4) is 0 Å². The summed E-state index contributed by atoms with van der Waals surface area (Å²) in [5.41, 5.74) is 2.25. The number of nitrogens with zero attached hydrogens (tertiary/aromatic N) is 3. The molecule has 0 saturated heterocycles. The molecule has 0 spiro atoms. The topological polar surface area (TPSA) is 30.7 Å². The van der Waals surface area contributed by atoms with Crippen LogP contribution < -0.4 is 0 Å². The lowest BCUT2D eigenvalue weighted by atomic mass is 10.2. The second-order valence-corrected chi connectivity index (χ2v) is 3.87. The van der Waals surface area contributed by atoms with Crippen molar-refractivity contribution in [2.45, 2.75) is 25.6 Å². The molecule has 2 heterocycles. The second-order valence-electron chi connectivity index (χ2n) is 3.60. The average Bonchev–Trinajstić information content (AvgIpc) is 2.74. The van der Waals surface area contributed by atoms with Crippen molar-refractivity contribution in [1.29, 1.82) is 0 Å². The Morgan fingerprint density at radius 3 is 2.88 bits per heavy atom. The van der Waals surface area contributed by atoms with Crippen LogP contribution in [0.15, 0.2) is 30.6 Å². The van der Waals surface area contributed by atoms with Crippen LogP contribution in [-0.4, -0.2) is 14.8 Å². The first-order valence-corrected chi connectivity index (χ1v) is 5.93. The second kappa shape index (κ2) is 5.12. The molecule has 0 aromatic carbocycles. The molecule has 0 aliphatic heterocycles. The fourth-order valence-electron chi connectivity index (χ4n) is 1.70. The first-order chi connectivity index (χ1) is 7.86. The molecule has 84 valence electrons. The average molecular weight is 236 g/mol. The minimum absolute atomic E-state index is 0.502. The SMILES string of the molecule is CCCc1c(CCl)cnn1-c1ccccn1. The molecular formula is C12H14ClN3. The van der Waals surface area contributed by atoms with Crippen LogP contribution in [0.2, 0.25) is 0 Å². The van der Waals surface area contributed by atoms with Gasteiger partial charge in [0.05, 0.1) is 17.8 Å².